The molecule has 3 atom stereocenters. The van der Waals surface area contributed by atoms with Gasteiger partial charge in [-0.3, -0.25) is 9.48 Å². The number of fused-ring (bicyclic) bond motifs is 5. The molecule has 7 nitrogen and oxygen atoms in total. The van der Waals surface area contributed by atoms with Crippen LogP contribution in [0.4, 0.5) is 0 Å². The highest BCUT2D eigenvalue weighted by molar-refractivity contribution is 7.98. The molecule has 0 aliphatic carbocycles. The lowest BCUT2D eigenvalue weighted by Gasteiger charge is -2.29. The molecule has 0 radical (unpaired) electrons. The molecule has 0 spiro atoms. The van der Waals surface area contributed by atoms with Gasteiger partial charge >= 0.3 is 0 Å². The maximum absolute atomic E-state index is 12.0. The fraction of sp³-hybridized carbons (Fsp3) is 0.444. The average molecular weight is 368 g/mol. The van der Waals surface area contributed by atoms with Crippen molar-refractivity contribution in [1.82, 2.24) is 25.1 Å². The number of hydrogen-bond donors (Lipinski definition) is 2. The highest BCUT2D eigenvalue weighted by atomic mass is 32.2. The van der Waals surface area contributed by atoms with Crippen molar-refractivity contribution < 1.29 is 4.79 Å². The van der Waals surface area contributed by atoms with Gasteiger partial charge in [0.05, 0.1) is 11.6 Å². The molecular weight excluding hydrogens is 348 g/mol. The van der Waals surface area contributed by atoms with Crippen molar-refractivity contribution in [2.24, 2.45) is 5.73 Å². The zero-order valence-electron chi connectivity index (χ0n) is 14.5. The third-order valence-corrected chi connectivity index (χ3v) is 6.17. The Bertz CT molecular complexity index is 1020. The summed E-state index contributed by atoms with van der Waals surface area (Å²) in [6, 6.07) is 5.16. The molecule has 8 heteroatoms. The Morgan fingerprint density at radius 3 is 2.77 bits per heavy atom. The molecule has 1 amide bonds. The van der Waals surface area contributed by atoms with Crippen LogP contribution in [0.25, 0.3) is 21.8 Å². The van der Waals surface area contributed by atoms with Gasteiger partial charge in [0.2, 0.25) is 0 Å². The topological polar surface area (TPSA) is 98.7 Å². The smallest absolute Gasteiger partial charge is 0.269 e. The van der Waals surface area contributed by atoms with Gasteiger partial charge in [0.15, 0.2) is 10.9 Å². The quantitative estimate of drug-likeness (QED) is 0.543. The molecule has 4 heterocycles. The Morgan fingerprint density at radius 2 is 2.08 bits per heavy atom. The lowest BCUT2D eigenvalue weighted by Crippen LogP contribution is -2.39. The van der Waals surface area contributed by atoms with Crippen LogP contribution >= 0.6 is 11.8 Å². The second-order valence-electron chi connectivity index (χ2n) is 7.18. The molecule has 5 rings (SSSR count). The fourth-order valence-corrected chi connectivity index (χ4v) is 4.81. The Morgan fingerprint density at radius 1 is 1.31 bits per heavy atom. The third-order valence-electron chi connectivity index (χ3n) is 5.61. The molecule has 1 aromatic carbocycles. The number of carbonyl (C=O) groups is 1. The van der Waals surface area contributed by atoms with E-state index in [0.29, 0.717) is 22.9 Å². The van der Waals surface area contributed by atoms with Crippen molar-refractivity contribution in [3.05, 3.63) is 24.0 Å². The van der Waals surface area contributed by atoms with Gasteiger partial charge in [-0.1, -0.05) is 17.8 Å². The number of aromatic nitrogens is 4. The van der Waals surface area contributed by atoms with E-state index in [1.807, 2.05) is 29.3 Å². The first kappa shape index (κ1) is 16.0. The molecule has 2 bridgehead atoms. The van der Waals surface area contributed by atoms with Crippen LogP contribution in [0.1, 0.15) is 42.2 Å². The first-order valence-corrected chi connectivity index (χ1v) is 10.1. The summed E-state index contributed by atoms with van der Waals surface area (Å²) in [5.74, 6) is -0.496. The maximum atomic E-state index is 12.0. The maximum Gasteiger partial charge on any atom is 0.269 e. The van der Waals surface area contributed by atoms with Crippen LogP contribution in [-0.2, 0) is 0 Å². The number of piperidine rings is 1. The van der Waals surface area contributed by atoms with Crippen LogP contribution in [-0.4, -0.2) is 44.0 Å². The molecule has 3 N–H and O–H groups in total. The number of nitrogens with two attached hydrogens (primary N) is 1. The third kappa shape index (κ3) is 2.39. The lowest BCUT2D eigenvalue weighted by molar-refractivity contribution is 0.0995. The number of nitrogens with zero attached hydrogens (tertiary/aromatic N) is 4. The SMILES string of the molecule is CSc1ncc2ccc3c(C(N)=O)nn([C@H]4C[C@H]5CC[C@@H](C4)N5)c3c2n1. The van der Waals surface area contributed by atoms with Gasteiger partial charge in [0.1, 0.15) is 5.52 Å². The predicted molar refractivity (Wildman–Crippen MR) is 101 cm³/mol. The summed E-state index contributed by atoms with van der Waals surface area (Å²) in [5, 5.41) is 10.8. The highest BCUT2D eigenvalue weighted by Crippen LogP contribution is 2.37. The van der Waals surface area contributed by atoms with E-state index in [1.165, 1.54) is 24.6 Å². The Hall–Kier alpha value is -2.19. The van der Waals surface area contributed by atoms with Gasteiger partial charge in [-0.15, -0.1) is 0 Å². The summed E-state index contributed by atoms with van der Waals surface area (Å²) in [4.78, 5) is 21.1. The van der Waals surface area contributed by atoms with Crippen molar-refractivity contribution in [3.63, 3.8) is 0 Å². The van der Waals surface area contributed by atoms with Crippen LogP contribution in [0.5, 0.6) is 0 Å². The first-order chi connectivity index (χ1) is 12.6. The van der Waals surface area contributed by atoms with E-state index in [9.17, 15) is 4.79 Å². The van der Waals surface area contributed by atoms with Crippen LogP contribution in [0.15, 0.2) is 23.5 Å². The zero-order valence-corrected chi connectivity index (χ0v) is 15.3. The molecule has 134 valence electrons. The normalized spacial score (nSPS) is 25.2. The minimum atomic E-state index is -0.496. The summed E-state index contributed by atoms with van der Waals surface area (Å²) in [6.45, 7) is 0. The van der Waals surface area contributed by atoms with Crippen LogP contribution in [0.3, 0.4) is 0 Å². The van der Waals surface area contributed by atoms with Crippen LogP contribution < -0.4 is 11.1 Å². The van der Waals surface area contributed by atoms with Gasteiger partial charge in [0, 0.05) is 29.1 Å². The van der Waals surface area contributed by atoms with E-state index in [4.69, 9.17) is 10.7 Å². The zero-order chi connectivity index (χ0) is 17.8. The molecule has 3 aromatic rings. The van der Waals surface area contributed by atoms with Crippen molar-refractivity contribution in [2.45, 2.75) is 49.0 Å². The largest absolute Gasteiger partial charge is 0.364 e. The molecule has 2 aromatic heterocycles. The van der Waals surface area contributed by atoms with E-state index in [1.54, 1.807) is 0 Å². The van der Waals surface area contributed by atoms with Crippen LogP contribution in [0, 0.1) is 0 Å². The molecule has 2 aliphatic rings. The minimum absolute atomic E-state index is 0.252. The summed E-state index contributed by atoms with van der Waals surface area (Å²) >= 11 is 1.50. The summed E-state index contributed by atoms with van der Waals surface area (Å²) in [7, 11) is 0. The Balaban J connectivity index is 1.78. The number of hydrogen-bond acceptors (Lipinski definition) is 6. The monoisotopic (exact) mass is 368 g/mol. The highest BCUT2D eigenvalue weighted by Gasteiger charge is 2.36. The van der Waals surface area contributed by atoms with Gasteiger partial charge in [-0.2, -0.15) is 5.10 Å². The summed E-state index contributed by atoms with van der Waals surface area (Å²) < 4.78 is 2.01. The molecule has 2 fully saturated rings. The molecule has 2 saturated heterocycles. The second-order valence-corrected chi connectivity index (χ2v) is 7.95. The van der Waals surface area contributed by atoms with Crippen molar-refractivity contribution in [3.8, 4) is 0 Å². The number of rotatable bonds is 3. The number of carbonyl (C=O) groups excluding carboxylic acids is 1. The standard InChI is InChI=1S/C18H20N6OS/c1-26-18-20-8-9-2-5-13-15(17(19)25)23-24(16(13)14(9)22-18)12-6-10-3-4-11(7-12)21-10/h2,5,8,10-12,21H,3-4,6-7H2,1H3,(H2,19,25)/t10-,11+,12+. The number of thioether (sulfide) groups is 1. The minimum Gasteiger partial charge on any atom is -0.364 e. The van der Waals surface area contributed by atoms with Gasteiger partial charge in [-0.25, -0.2) is 9.97 Å². The number of nitrogens with one attached hydrogen (secondary N) is 1. The number of primary amides is 1. The fourth-order valence-electron chi connectivity index (χ4n) is 4.47. The van der Waals surface area contributed by atoms with Crippen molar-refractivity contribution >= 4 is 39.5 Å². The van der Waals surface area contributed by atoms with E-state index >= 15 is 0 Å². The van der Waals surface area contributed by atoms with Crippen molar-refractivity contribution in [2.75, 3.05) is 6.26 Å². The average Bonchev–Trinajstić information content (AvgIpc) is 3.21. The molecule has 0 saturated carbocycles. The predicted octanol–water partition coefficient (Wildman–Crippen LogP) is 2.26. The van der Waals surface area contributed by atoms with E-state index in [-0.39, 0.29) is 6.04 Å². The van der Waals surface area contributed by atoms with E-state index < -0.39 is 5.91 Å². The van der Waals surface area contributed by atoms with Crippen LogP contribution in [0.2, 0.25) is 0 Å². The molecule has 2 aliphatic heterocycles. The Kier molecular flexibility index (Phi) is 3.65. The first-order valence-electron chi connectivity index (χ1n) is 8.92. The number of amides is 1. The molecule has 0 unspecified atom stereocenters. The van der Waals surface area contributed by atoms with E-state index in [2.05, 4.69) is 15.4 Å². The van der Waals surface area contributed by atoms with Gasteiger partial charge in [0.25, 0.3) is 5.91 Å². The number of benzene rings is 1. The molecular formula is C18H20N6OS. The van der Waals surface area contributed by atoms with Gasteiger partial charge < -0.3 is 11.1 Å². The van der Waals surface area contributed by atoms with E-state index in [0.717, 1.165) is 34.6 Å². The lowest BCUT2D eigenvalue weighted by atomic mass is 9.99. The Labute approximate surface area is 154 Å². The van der Waals surface area contributed by atoms with Gasteiger partial charge in [-0.05, 0) is 38.0 Å². The van der Waals surface area contributed by atoms with Crippen molar-refractivity contribution in [1.29, 1.82) is 0 Å². The molecule has 26 heavy (non-hydrogen) atoms. The summed E-state index contributed by atoms with van der Waals surface area (Å²) in [5.41, 5.74) is 7.70. The second kappa shape index (κ2) is 5.92. The summed E-state index contributed by atoms with van der Waals surface area (Å²) in [6.07, 6.45) is 8.24.